The van der Waals surface area contributed by atoms with Crippen LogP contribution in [0.2, 0.25) is 5.02 Å². The van der Waals surface area contributed by atoms with E-state index in [0.717, 1.165) is 16.8 Å². The molecule has 136 valence electrons. The van der Waals surface area contributed by atoms with Crippen molar-refractivity contribution < 1.29 is 0 Å². The van der Waals surface area contributed by atoms with Crippen LogP contribution in [0.3, 0.4) is 0 Å². The van der Waals surface area contributed by atoms with Gasteiger partial charge >= 0.3 is 0 Å². The number of nitrogens with one attached hydrogen (secondary N) is 1. The summed E-state index contributed by atoms with van der Waals surface area (Å²) in [6.07, 6.45) is 2.13. The molecular weight excluding hydrogens is 370 g/mol. The normalized spacial score (nSPS) is 15.5. The Morgan fingerprint density at radius 2 is 1.46 bits per heavy atom. The molecule has 5 rings (SSSR count). The van der Waals surface area contributed by atoms with Crippen LogP contribution in [0.5, 0.6) is 0 Å². The molecule has 5 nitrogen and oxygen atoms in total. The van der Waals surface area contributed by atoms with Crippen molar-refractivity contribution in [2.45, 2.75) is 6.04 Å². The van der Waals surface area contributed by atoms with Crippen LogP contribution < -0.4 is 5.32 Å². The number of anilines is 1. The molecule has 0 bridgehead atoms. The van der Waals surface area contributed by atoms with Crippen molar-refractivity contribution in [1.82, 2.24) is 20.2 Å². The van der Waals surface area contributed by atoms with E-state index in [-0.39, 0.29) is 6.04 Å². The summed E-state index contributed by atoms with van der Waals surface area (Å²) in [7, 11) is 0. The predicted octanol–water partition coefficient (Wildman–Crippen LogP) is 5.05. The molecule has 28 heavy (non-hydrogen) atoms. The Morgan fingerprint density at radius 1 is 0.786 bits per heavy atom. The molecule has 3 aromatic carbocycles. The SMILES string of the molecule is Clc1ccc([C@H]2C=C(c3ccc(-c4ccccc4)cc3)Nc3nnnn32)cc1. The van der Waals surface area contributed by atoms with Gasteiger partial charge in [0, 0.05) is 10.7 Å². The minimum Gasteiger partial charge on any atom is -0.323 e. The van der Waals surface area contributed by atoms with Gasteiger partial charge in [-0.15, -0.1) is 0 Å². The minimum absolute atomic E-state index is 0.104. The monoisotopic (exact) mass is 385 g/mol. The minimum atomic E-state index is -0.104. The lowest BCUT2D eigenvalue weighted by molar-refractivity contribution is 0.586. The molecule has 1 aliphatic rings. The first-order chi connectivity index (χ1) is 13.8. The standard InChI is InChI=1S/C22H16ClN5/c23-19-12-10-18(11-13-19)21-14-20(24-22-25-26-27-28(21)22)17-8-6-16(7-9-17)15-4-2-1-3-5-15/h1-14,21H,(H,24,25,27)/t21-/m1/s1. The van der Waals surface area contributed by atoms with Gasteiger partial charge in [0.25, 0.3) is 0 Å². The molecule has 1 atom stereocenters. The topological polar surface area (TPSA) is 55.6 Å². The van der Waals surface area contributed by atoms with Gasteiger partial charge in [0.05, 0.1) is 0 Å². The van der Waals surface area contributed by atoms with E-state index in [1.165, 1.54) is 11.1 Å². The fourth-order valence-corrected chi connectivity index (χ4v) is 3.52. The zero-order chi connectivity index (χ0) is 18.9. The Morgan fingerprint density at radius 3 is 2.21 bits per heavy atom. The summed E-state index contributed by atoms with van der Waals surface area (Å²) in [6, 6.07) is 26.5. The van der Waals surface area contributed by atoms with Gasteiger partial charge in [-0.05, 0) is 50.9 Å². The second kappa shape index (κ2) is 6.94. The average Bonchev–Trinajstić information content (AvgIpc) is 3.23. The zero-order valence-electron chi connectivity index (χ0n) is 14.8. The highest BCUT2D eigenvalue weighted by atomic mass is 35.5. The molecule has 2 heterocycles. The van der Waals surface area contributed by atoms with Crippen LogP contribution in [0.1, 0.15) is 17.2 Å². The predicted molar refractivity (Wildman–Crippen MR) is 111 cm³/mol. The van der Waals surface area contributed by atoms with E-state index in [4.69, 9.17) is 11.6 Å². The summed E-state index contributed by atoms with van der Waals surface area (Å²) >= 11 is 6.04. The smallest absolute Gasteiger partial charge is 0.248 e. The van der Waals surface area contributed by atoms with E-state index in [9.17, 15) is 0 Å². The number of nitrogens with zero attached hydrogens (tertiary/aromatic N) is 4. The molecule has 0 amide bonds. The second-order valence-electron chi connectivity index (χ2n) is 6.59. The van der Waals surface area contributed by atoms with Gasteiger partial charge in [-0.3, -0.25) is 0 Å². The van der Waals surface area contributed by atoms with Gasteiger partial charge < -0.3 is 5.32 Å². The Balaban J connectivity index is 1.52. The lowest BCUT2D eigenvalue weighted by atomic mass is 9.99. The first-order valence-corrected chi connectivity index (χ1v) is 9.34. The fraction of sp³-hybridized carbons (Fsp3) is 0.0455. The van der Waals surface area contributed by atoms with Crippen LogP contribution in [-0.2, 0) is 0 Å². The van der Waals surface area contributed by atoms with Crippen molar-refractivity contribution in [1.29, 1.82) is 0 Å². The summed E-state index contributed by atoms with van der Waals surface area (Å²) in [5.74, 6) is 0.615. The number of benzene rings is 3. The van der Waals surface area contributed by atoms with Crippen molar-refractivity contribution in [2.75, 3.05) is 5.32 Å². The molecule has 0 unspecified atom stereocenters. The van der Waals surface area contributed by atoms with E-state index in [1.807, 2.05) is 42.5 Å². The molecule has 0 saturated heterocycles. The third-order valence-corrected chi connectivity index (χ3v) is 5.09. The molecule has 1 aromatic heterocycles. The maximum Gasteiger partial charge on any atom is 0.248 e. The van der Waals surface area contributed by atoms with Crippen LogP contribution in [0.25, 0.3) is 16.8 Å². The maximum absolute atomic E-state index is 6.04. The lowest BCUT2D eigenvalue weighted by Gasteiger charge is -2.23. The highest BCUT2D eigenvalue weighted by Crippen LogP contribution is 2.32. The maximum atomic E-state index is 6.04. The van der Waals surface area contributed by atoms with E-state index >= 15 is 0 Å². The Labute approximate surface area is 167 Å². The number of halogens is 1. The molecular formula is C22H16ClN5. The molecule has 6 heteroatoms. The van der Waals surface area contributed by atoms with Crippen molar-refractivity contribution in [3.63, 3.8) is 0 Å². The average molecular weight is 386 g/mol. The Bertz CT molecular complexity index is 1130. The summed E-state index contributed by atoms with van der Waals surface area (Å²) in [4.78, 5) is 0. The highest BCUT2D eigenvalue weighted by Gasteiger charge is 2.24. The number of tetrazole rings is 1. The molecule has 4 aromatic rings. The first-order valence-electron chi connectivity index (χ1n) is 8.96. The Hall–Kier alpha value is -3.44. The van der Waals surface area contributed by atoms with Crippen LogP contribution in [0.4, 0.5) is 5.95 Å². The number of fused-ring (bicyclic) bond motifs is 1. The van der Waals surface area contributed by atoms with E-state index < -0.39 is 0 Å². The van der Waals surface area contributed by atoms with Crippen molar-refractivity contribution in [2.24, 2.45) is 0 Å². The summed E-state index contributed by atoms with van der Waals surface area (Å²) in [5.41, 5.74) is 5.50. The number of aromatic nitrogens is 4. The quantitative estimate of drug-likeness (QED) is 0.536. The molecule has 1 N–H and O–H groups in total. The summed E-state index contributed by atoms with van der Waals surface area (Å²) in [5, 5.41) is 16.1. The van der Waals surface area contributed by atoms with Gasteiger partial charge in [-0.1, -0.05) is 83.4 Å². The van der Waals surface area contributed by atoms with Gasteiger partial charge in [0.1, 0.15) is 6.04 Å². The van der Waals surface area contributed by atoms with Gasteiger partial charge in [-0.2, -0.15) is 4.68 Å². The van der Waals surface area contributed by atoms with Crippen molar-refractivity contribution >= 4 is 23.2 Å². The van der Waals surface area contributed by atoms with Crippen LogP contribution in [0, 0.1) is 0 Å². The van der Waals surface area contributed by atoms with Gasteiger partial charge in [-0.25, -0.2) is 0 Å². The zero-order valence-corrected chi connectivity index (χ0v) is 15.6. The van der Waals surface area contributed by atoms with E-state index in [1.54, 1.807) is 4.68 Å². The lowest BCUT2D eigenvalue weighted by Crippen LogP contribution is -2.20. The summed E-state index contributed by atoms with van der Waals surface area (Å²) in [6.45, 7) is 0. The fourth-order valence-electron chi connectivity index (χ4n) is 3.39. The summed E-state index contributed by atoms with van der Waals surface area (Å²) < 4.78 is 1.77. The van der Waals surface area contributed by atoms with E-state index in [2.05, 4.69) is 63.3 Å². The first kappa shape index (κ1) is 16.7. The van der Waals surface area contributed by atoms with E-state index in [0.29, 0.717) is 11.0 Å². The molecule has 0 aliphatic carbocycles. The van der Waals surface area contributed by atoms with Crippen molar-refractivity contribution in [3.05, 3.63) is 101 Å². The number of hydrogen-bond donors (Lipinski definition) is 1. The van der Waals surface area contributed by atoms with Crippen LogP contribution in [-0.4, -0.2) is 20.2 Å². The molecule has 0 saturated carbocycles. The van der Waals surface area contributed by atoms with Crippen LogP contribution >= 0.6 is 11.6 Å². The second-order valence-corrected chi connectivity index (χ2v) is 7.03. The molecule has 1 aliphatic heterocycles. The molecule has 0 spiro atoms. The third kappa shape index (κ3) is 3.06. The van der Waals surface area contributed by atoms with Crippen LogP contribution in [0.15, 0.2) is 84.9 Å². The number of rotatable bonds is 3. The molecule has 0 fully saturated rings. The molecule has 0 radical (unpaired) electrons. The Kier molecular flexibility index (Phi) is 4.14. The highest BCUT2D eigenvalue weighted by molar-refractivity contribution is 6.30. The number of allylic oxidation sites excluding steroid dienone is 1. The van der Waals surface area contributed by atoms with Gasteiger partial charge in [0.15, 0.2) is 0 Å². The number of hydrogen-bond acceptors (Lipinski definition) is 4. The third-order valence-electron chi connectivity index (χ3n) is 4.84. The van der Waals surface area contributed by atoms with Crippen molar-refractivity contribution in [3.8, 4) is 11.1 Å². The largest absolute Gasteiger partial charge is 0.323 e. The van der Waals surface area contributed by atoms with Gasteiger partial charge in [0.2, 0.25) is 5.95 Å².